The van der Waals surface area contributed by atoms with Crippen LogP contribution in [0.2, 0.25) is 0 Å². The molecule has 22 heavy (non-hydrogen) atoms. The Morgan fingerprint density at radius 3 is 2.45 bits per heavy atom. The van der Waals surface area contributed by atoms with Crippen LogP contribution in [-0.4, -0.2) is 22.6 Å². The van der Waals surface area contributed by atoms with Crippen LogP contribution < -0.4 is 0 Å². The average Bonchev–Trinajstić information content (AvgIpc) is 3.07. The van der Waals surface area contributed by atoms with Gasteiger partial charge in [0.1, 0.15) is 0 Å². The van der Waals surface area contributed by atoms with Gasteiger partial charge in [-0.25, -0.2) is 0 Å². The van der Waals surface area contributed by atoms with Gasteiger partial charge in [0.05, 0.1) is 6.04 Å². The molecule has 4 rings (SSSR count). The Balaban J connectivity index is 0.00000144. The fraction of sp³-hybridized carbons (Fsp3) is 0.579. The zero-order chi connectivity index (χ0) is 14.6. The molecule has 0 spiro atoms. The van der Waals surface area contributed by atoms with Crippen molar-refractivity contribution >= 4 is 23.3 Å². The maximum atomic E-state index is 2.75. The van der Waals surface area contributed by atoms with E-state index >= 15 is 0 Å². The lowest BCUT2D eigenvalue weighted by Crippen LogP contribution is -2.41. The molecule has 1 saturated heterocycles. The summed E-state index contributed by atoms with van der Waals surface area (Å²) in [6.07, 6.45) is 4.01. The molecule has 0 radical (unpaired) electrons. The van der Waals surface area contributed by atoms with Gasteiger partial charge in [-0.05, 0) is 56.3 Å². The van der Waals surface area contributed by atoms with E-state index in [1.54, 1.807) is 5.69 Å². The van der Waals surface area contributed by atoms with Crippen LogP contribution in [0, 0.1) is 12.3 Å². The maximum absolute atomic E-state index is 2.75. The van der Waals surface area contributed by atoms with E-state index in [1.807, 2.05) is 0 Å². The van der Waals surface area contributed by atoms with Gasteiger partial charge in [-0.1, -0.05) is 32.0 Å². The highest BCUT2D eigenvalue weighted by Crippen LogP contribution is 2.49. The topological polar surface area (TPSA) is 8.17 Å². The zero-order valence-corrected chi connectivity index (χ0v) is 14.7. The zero-order valence-electron chi connectivity index (χ0n) is 13.9. The third-order valence-electron chi connectivity index (χ3n) is 5.76. The van der Waals surface area contributed by atoms with Gasteiger partial charge in [-0.15, -0.1) is 12.4 Å². The number of benzene rings is 1. The monoisotopic (exact) mass is 318 g/mol. The molecule has 1 unspecified atom stereocenters. The second kappa shape index (κ2) is 5.58. The predicted octanol–water partition coefficient (Wildman–Crippen LogP) is 4.94. The molecular formula is C19H27ClN2. The van der Waals surface area contributed by atoms with Crippen molar-refractivity contribution in [2.45, 2.75) is 52.6 Å². The number of hydrogen-bond acceptors (Lipinski definition) is 1. The van der Waals surface area contributed by atoms with Crippen LogP contribution in [0.3, 0.4) is 0 Å². The van der Waals surface area contributed by atoms with E-state index in [0.29, 0.717) is 11.5 Å². The van der Waals surface area contributed by atoms with Crippen LogP contribution in [0.25, 0.3) is 10.9 Å². The Morgan fingerprint density at radius 2 is 1.73 bits per heavy atom. The van der Waals surface area contributed by atoms with Crippen molar-refractivity contribution in [2.24, 2.45) is 5.41 Å². The summed E-state index contributed by atoms with van der Waals surface area (Å²) in [6, 6.07) is 9.54. The molecule has 1 aromatic carbocycles. The maximum Gasteiger partial charge on any atom is 0.0555 e. The van der Waals surface area contributed by atoms with Gasteiger partial charge in [0, 0.05) is 23.1 Å². The number of aromatic nitrogens is 1. The van der Waals surface area contributed by atoms with E-state index in [9.17, 15) is 0 Å². The Morgan fingerprint density at radius 1 is 1.05 bits per heavy atom. The lowest BCUT2D eigenvalue weighted by atomic mass is 9.75. The molecular weight excluding hydrogens is 292 g/mol. The van der Waals surface area contributed by atoms with Gasteiger partial charge < -0.3 is 4.57 Å². The second-order valence-electron chi connectivity index (χ2n) is 7.56. The summed E-state index contributed by atoms with van der Waals surface area (Å²) < 4.78 is 2.61. The largest absolute Gasteiger partial charge is 0.343 e. The summed E-state index contributed by atoms with van der Waals surface area (Å²) in [5, 5.41) is 1.45. The summed E-state index contributed by atoms with van der Waals surface area (Å²) in [7, 11) is 0. The molecule has 0 saturated carbocycles. The lowest BCUT2D eigenvalue weighted by molar-refractivity contribution is 0.0729. The minimum atomic E-state index is 0. The minimum Gasteiger partial charge on any atom is -0.343 e. The minimum absolute atomic E-state index is 0. The summed E-state index contributed by atoms with van der Waals surface area (Å²) in [5.41, 5.74) is 4.91. The molecule has 2 nitrogen and oxygen atoms in total. The lowest BCUT2D eigenvalue weighted by Gasteiger charge is -2.45. The van der Waals surface area contributed by atoms with Crippen molar-refractivity contribution in [1.82, 2.24) is 9.47 Å². The Bertz CT molecular complexity index is 680. The number of likely N-dealkylation sites (tertiary alicyclic amines) is 1. The van der Waals surface area contributed by atoms with Crippen molar-refractivity contribution in [1.29, 1.82) is 0 Å². The number of aryl methyl sites for hydroxylation is 2. The fourth-order valence-electron chi connectivity index (χ4n) is 4.66. The number of fused-ring (bicyclic) bond motifs is 3. The van der Waals surface area contributed by atoms with Crippen molar-refractivity contribution < 1.29 is 0 Å². The first-order valence-electron chi connectivity index (χ1n) is 8.41. The van der Waals surface area contributed by atoms with Crippen LogP contribution >= 0.6 is 12.4 Å². The van der Waals surface area contributed by atoms with Crippen LogP contribution in [0.5, 0.6) is 0 Å². The molecule has 2 aliphatic heterocycles. The van der Waals surface area contributed by atoms with E-state index in [1.165, 1.54) is 55.4 Å². The van der Waals surface area contributed by atoms with Gasteiger partial charge in [0.25, 0.3) is 0 Å². The second-order valence-corrected chi connectivity index (χ2v) is 7.56. The molecule has 3 heterocycles. The molecule has 120 valence electrons. The van der Waals surface area contributed by atoms with Crippen molar-refractivity contribution in [3.63, 3.8) is 0 Å². The normalized spacial score (nSPS) is 24.2. The molecule has 2 aromatic rings. The molecule has 1 fully saturated rings. The highest BCUT2D eigenvalue weighted by atomic mass is 35.5. The average molecular weight is 319 g/mol. The van der Waals surface area contributed by atoms with Crippen LogP contribution in [-0.2, 0) is 6.54 Å². The van der Waals surface area contributed by atoms with E-state index in [4.69, 9.17) is 0 Å². The molecule has 1 atom stereocenters. The first kappa shape index (κ1) is 15.9. The number of para-hydroxylation sites is 1. The van der Waals surface area contributed by atoms with E-state index < -0.39 is 0 Å². The Hall–Kier alpha value is -0.990. The third-order valence-corrected chi connectivity index (χ3v) is 5.76. The Labute approximate surface area is 139 Å². The van der Waals surface area contributed by atoms with Crippen molar-refractivity contribution in [3.8, 4) is 0 Å². The molecule has 0 aliphatic carbocycles. The van der Waals surface area contributed by atoms with Crippen LogP contribution in [0.1, 0.15) is 50.4 Å². The smallest absolute Gasteiger partial charge is 0.0555 e. The number of nitrogens with zero attached hydrogens (tertiary/aromatic N) is 2. The Kier molecular flexibility index (Phi) is 4.03. The van der Waals surface area contributed by atoms with Gasteiger partial charge in [0.2, 0.25) is 0 Å². The predicted molar refractivity (Wildman–Crippen MR) is 95.9 cm³/mol. The van der Waals surface area contributed by atoms with Gasteiger partial charge >= 0.3 is 0 Å². The summed E-state index contributed by atoms with van der Waals surface area (Å²) in [6.45, 7) is 11.0. The highest BCUT2D eigenvalue weighted by molar-refractivity contribution is 5.86. The number of hydrogen-bond donors (Lipinski definition) is 0. The van der Waals surface area contributed by atoms with Gasteiger partial charge in [-0.2, -0.15) is 0 Å². The fourth-order valence-corrected chi connectivity index (χ4v) is 4.66. The van der Waals surface area contributed by atoms with Crippen molar-refractivity contribution in [2.75, 3.05) is 13.1 Å². The molecule has 0 bridgehead atoms. The molecule has 2 aliphatic rings. The molecule has 0 amide bonds. The van der Waals surface area contributed by atoms with Crippen molar-refractivity contribution in [3.05, 3.63) is 35.5 Å². The summed E-state index contributed by atoms with van der Waals surface area (Å²) >= 11 is 0. The first-order valence-corrected chi connectivity index (χ1v) is 8.41. The number of rotatable bonds is 1. The first-order chi connectivity index (χ1) is 10.1. The standard InChI is InChI=1S/C19H26N2.ClH/c1-14-15-8-4-5-9-16(15)21-13-10-19(2,3)18(17(14)21)20-11-6-7-12-20;/h4-5,8-9,18H,6-7,10-13H2,1-3H3;1H. The third kappa shape index (κ3) is 2.19. The molecule has 3 heteroatoms. The SMILES string of the molecule is Cc1c2n(c3ccccc13)CCC(C)(C)C2N1CCCC1.Cl. The van der Waals surface area contributed by atoms with Crippen LogP contribution in [0.15, 0.2) is 24.3 Å². The number of halogens is 1. The van der Waals surface area contributed by atoms with E-state index in [2.05, 4.69) is 54.5 Å². The van der Waals surface area contributed by atoms with Crippen LogP contribution in [0.4, 0.5) is 0 Å². The van der Waals surface area contributed by atoms with Gasteiger partial charge in [-0.3, -0.25) is 4.90 Å². The summed E-state index contributed by atoms with van der Waals surface area (Å²) in [5.74, 6) is 0. The van der Waals surface area contributed by atoms with Gasteiger partial charge in [0.15, 0.2) is 0 Å². The summed E-state index contributed by atoms with van der Waals surface area (Å²) in [4.78, 5) is 2.75. The molecule has 1 aromatic heterocycles. The molecule has 0 N–H and O–H groups in total. The highest BCUT2D eigenvalue weighted by Gasteiger charge is 2.42. The quantitative estimate of drug-likeness (QED) is 0.723. The van der Waals surface area contributed by atoms with E-state index in [-0.39, 0.29) is 12.4 Å². The van der Waals surface area contributed by atoms with E-state index in [0.717, 1.165) is 0 Å².